The van der Waals surface area contributed by atoms with Crippen LogP contribution in [-0.4, -0.2) is 29.8 Å². The van der Waals surface area contributed by atoms with E-state index in [0.29, 0.717) is 24.2 Å². The van der Waals surface area contributed by atoms with Crippen LogP contribution in [0, 0.1) is 0 Å². The van der Waals surface area contributed by atoms with E-state index in [1.807, 2.05) is 47.6 Å². The number of halogens is 1. The highest BCUT2D eigenvalue weighted by Gasteiger charge is 2.34. The third kappa shape index (κ3) is 4.50. The molecule has 1 aromatic rings. The Balaban J connectivity index is 2.41. The number of rotatable bonds is 1. The minimum Gasteiger partial charge on any atom is -0.456 e. The summed E-state index contributed by atoms with van der Waals surface area (Å²) in [4.78, 5) is 26.6. The molecule has 1 aliphatic rings. The molecule has 1 aromatic carbocycles. The Morgan fingerprint density at radius 2 is 1.62 bits per heavy atom. The topological polar surface area (TPSA) is 55.8 Å². The van der Waals surface area contributed by atoms with Crippen molar-refractivity contribution in [1.29, 1.82) is 0 Å². The average Bonchev–Trinajstić information content (AvgIpc) is 2.76. The van der Waals surface area contributed by atoms with Crippen LogP contribution in [-0.2, 0) is 15.9 Å². The summed E-state index contributed by atoms with van der Waals surface area (Å²) in [5.41, 5.74) is 0.679. The van der Waals surface area contributed by atoms with E-state index in [0.717, 1.165) is 10.0 Å². The lowest BCUT2D eigenvalue weighted by molar-refractivity contribution is 0.00704. The first-order valence-electron chi connectivity index (χ1n) is 7.94. The molecule has 0 fully saturated rings. The molecule has 0 aromatic heterocycles. The number of ether oxygens (including phenoxy) is 2. The van der Waals surface area contributed by atoms with Gasteiger partial charge in [-0.2, -0.15) is 0 Å². The van der Waals surface area contributed by atoms with Crippen LogP contribution >= 0.6 is 15.9 Å². The second kappa shape index (κ2) is 6.39. The van der Waals surface area contributed by atoms with Crippen molar-refractivity contribution in [2.75, 3.05) is 11.4 Å². The molecule has 0 radical (unpaired) electrons. The maximum Gasteiger partial charge on any atom is 0.414 e. The monoisotopic (exact) mass is 397 g/mol. The molecule has 0 bridgehead atoms. The molecule has 0 saturated heterocycles. The van der Waals surface area contributed by atoms with E-state index < -0.39 is 23.3 Å². The third-order valence-electron chi connectivity index (χ3n) is 3.26. The number of amides is 1. The number of hydrogen-bond acceptors (Lipinski definition) is 4. The van der Waals surface area contributed by atoms with Crippen LogP contribution in [0.2, 0.25) is 0 Å². The standard InChI is InChI=1S/C18H24BrNO4/c1-17(2,3)23-15(21)13-10-12(19)9-11-7-8-20(14(11)13)16(22)24-18(4,5)6/h9-10H,7-8H2,1-6H3. The minimum absolute atomic E-state index is 0.373. The van der Waals surface area contributed by atoms with E-state index in [1.165, 1.54) is 4.90 Å². The van der Waals surface area contributed by atoms with Crippen LogP contribution in [0.1, 0.15) is 57.5 Å². The number of fused-ring (bicyclic) bond motifs is 1. The van der Waals surface area contributed by atoms with Gasteiger partial charge in [-0.3, -0.25) is 4.90 Å². The van der Waals surface area contributed by atoms with Crippen molar-refractivity contribution in [3.05, 3.63) is 27.7 Å². The highest BCUT2D eigenvalue weighted by atomic mass is 79.9. The van der Waals surface area contributed by atoms with E-state index in [-0.39, 0.29) is 0 Å². The summed E-state index contributed by atoms with van der Waals surface area (Å²) in [6, 6.07) is 3.61. The number of carbonyl (C=O) groups is 2. The zero-order valence-corrected chi connectivity index (χ0v) is 16.6. The van der Waals surface area contributed by atoms with Gasteiger partial charge in [0.1, 0.15) is 11.2 Å². The lowest BCUT2D eigenvalue weighted by atomic mass is 10.1. The maximum atomic E-state index is 12.6. The zero-order valence-electron chi connectivity index (χ0n) is 15.0. The summed E-state index contributed by atoms with van der Waals surface area (Å²) >= 11 is 3.43. The van der Waals surface area contributed by atoms with Crippen LogP contribution in [0.4, 0.5) is 10.5 Å². The Kier molecular flexibility index (Phi) is 5.00. The fourth-order valence-corrected chi connectivity index (χ4v) is 3.00. The molecule has 132 valence electrons. The van der Waals surface area contributed by atoms with Gasteiger partial charge in [0.2, 0.25) is 0 Å². The summed E-state index contributed by atoms with van der Waals surface area (Å²) in [5, 5.41) is 0. The first-order valence-corrected chi connectivity index (χ1v) is 8.73. The second-order valence-corrected chi connectivity index (χ2v) is 8.76. The van der Waals surface area contributed by atoms with Crippen LogP contribution < -0.4 is 4.90 Å². The summed E-state index contributed by atoms with van der Waals surface area (Å²) in [7, 11) is 0. The summed E-state index contributed by atoms with van der Waals surface area (Å²) in [5.74, 6) is -0.449. The first kappa shape index (κ1) is 18.8. The molecule has 5 nitrogen and oxygen atoms in total. The van der Waals surface area contributed by atoms with Gasteiger partial charge in [0.25, 0.3) is 0 Å². The molecule has 0 saturated carbocycles. The Bertz CT molecular complexity index is 671. The maximum absolute atomic E-state index is 12.6. The minimum atomic E-state index is -0.609. The summed E-state index contributed by atoms with van der Waals surface area (Å²) in [6.07, 6.45) is 0.220. The van der Waals surface area contributed by atoms with Crippen molar-refractivity contribution < 1.29 is 19.1 Å². The van der Waals surface area contributed by atoms with Crippen LogP contribution in [0.15, 0.2) is 16.6 Å². The first-order chi connectivity index (χ1) is 10.9. The molecule has 0 spiro atoms. The zero-order chi connectivity index (χ0) is 18.3. The molecule has 0 N–H and O–H groups in total. The number of hydrogen-bond donors (Lipinski definition) is 0. The van der Waals surface area contributed by atoms with Gasteiger partial charge < -0.3 is 9.47 Å². The van der Waals surface area contributed by atoms with Gasteiger partial charge >= 0.3 is 12.1 Å². The predicted molar refractivity (Wildman–Crippen MR) is 96.6 cm³/mol. The fraction of sp³-hybridized carbons (Fsp3) is 0.556. The molecular weight excluding hydrogens is 374 g/mol. The highest BCUT2D eigenvalue weighted by molar-refractivity contribution is 9.10. The van der Waals surface area contributed by atoms with Crippen LogP contribution in [0.5, 0.6) is 0 Å². The van der Waals surface area contributed by atoms with Gasteiger partial charge in [-0.1, -0.05) is 15.9 Å². The molecule has 1 amide bonds. The molecule has 2 rings (SSSR count). The third-order valence-corrected chi connectivity index (χ3v) is 3.72. The fourth-order valence-electron chi connectivity index (χ4n) is 2.50. The Hall–Kier alpha value is -1.56. The van der Waals surface area contributed by atoms with E-state index in [9.17, 15) is 9.59 Å². The van der Waals surface area contributed by atoms with Gasteiger partial charge in [0, 0.05) is 11.0 Å². The van der Waals surface area contributed by atoms with Crippen molar-refractivity contribution in [3.63, 3.8) is 0 Å². The molecule has 0 atom stereocenters. The van der Waals surface area contributed by atoms with E-state index in [2.05, 4.69) is 15.9 Å². The molecule has 24 heavy (non-hydrogen) atoms. The Morgan fingerprint density at radius 1 is 1.04 bits per heavy atom. The van der Waals surface area contributed by atoms with Crippen LogP contribution in [0.3, 0.4) is 0 Å². The number of nitrogens with zero attached hydrogens (tertiary/aromatic N) is 1. The Morgan fingerprint density at radius 3 is 2.17 bits per heavy atom. The molecule has 1 aliphatic heterocycles. The van der Waals surface area contributed by atoms with Crippen molar-refractivity contribution in [2.24, 2.45) is 0 Å². The lowest BCUT2D eigenvalue weighted by Crippen LogP contribution is -2.36. The van der Waals surface area contributed by atoms with Crippen molar-refractivity contribution in [2.45, 2.75) is 59.2 Å². The van der Waals surface area contributed by atoms with Gasteiger partial charge in [-0.25, -0.2) is 9.59 Å². The van der Waals surface area contributed by atoms with Gasteiger partial charge in [0.05, 0.1) is 11.3 Å². The molecule has 6 heteroatoms. The van der Waals surface area contributed by atoms with Gasteiger partial charge in [-0.15, -0.1) is 0 Å². The van der Waals surface area contributed by atoms with Crippen LogP contribution in [0.25, 0.3) is 0 Å². The average molecular weight is 398 g/mol. The highest BCUT2D eigenvalue weighted by Crippen LogP contribution is 2.36. The van der Waals surface area contributed by atoms with E-state index in [1.54, 1.807) is 6.07 Å². The molecule has 0 aliphatic carbocycles. The molecule has 1 heterocycles. The molecular formula is C18H24BrNO4. The SMILES string of the molecule is CC(C)(C)OC(=O)c1cc(Br)cc2c1N(C(=O)OC(C)(C)C)CC2. The van der Waals surface area contributed by atoms with Gasteiger partial charge in [-0.05, 0) is 65.7 Å². The quantitative estimate of drug-likeness (QED) is 0.644. The summed E-state index contributed by atoms with van der Waals surface area (Å²) < 4.78 is 11.7. The molecule has 0 unspecified atom stereocenters. The number of esters is 1. The van der Waals surface area contributed by atoms with Gasteiger partial charge in [0.15, 0.2) is 0 Å². The predicted octanol–water partition coefficient (Wildman–Crippen LogP) is 4.70. The van der Waals surface area contributed by atoms with Crippen molar-refractivity contribution >= 4 is 33.7 Å². The second-order valence-electron chi connectivity index (χ2n) is 7.84. The largest absolute Gasteiger partial charge is 0.456 e. The summed E-state index contributed by atoms with van der Waals surface area (Å²) in [6.45, 7) is 11.4. The van der Waals surface area contributed by atoms with E-state index in [4.69, 9.17) is 9.47 Å². The smallest absolute Gasteiger partial charge is 0.414 e. The van der Waals surface area contributed by atoms with Crippen molar-refractivity contribution in [3.8, 4) is 0 Å². The lowest BCUT2D eigenvalue weighted by Gasteiger charge is -2.26. The number of carbonyl (C=O) groups excluding carboxylic acids is 2. The number of anilines is 1. The Labute approximate surface area is 151 Å². The normalized spacial score (nSPS) is 14.4. The van der Waals surface area contributed by atoms with E-state index >= 15 is 0 Å². The number of benzene rings is 1. The van der Waals surface area contributed by atoms with Crippen molar-refractivity contribution in [1.82, 2.24) is 0 Å².